The third-order valence-electron chi connectivity index (χ3n) is 2.87. The molecule has 0 aliphatic carbocycles. The second kappa shape index (κ2) is 5.58. The van der Waals surface area contributed by atoms with Crippen molar-refractivity contribution in [3.8, 4) is 0 Å². The van der Waals surface area contributed by atoms with Gasteiger partial charge in [0.1, 0.15) is 0 Å². The van der Waals surface area contributed by atoms with Gasteiger partial charge in [-0.25, -0.2) is 13.1 Å². The number of rotatable bonds is 3. The lowest BCUT2D eigenvalue weighted by Crippen LogP contribution is -2.39. The van der Waals surface area contributed by atoms with E-state index >= 15 is 0 Å². The maximum Gasteiger partial charge on any atom is 0.242 e. The van der Waals surface area contributed by atoms with Crippen molar-refractivity contribution in [2.45, 2.75) is 30.4 Å². The highest BCUT2D eigenvalue weighted by atomic mass is 79.9. The molecule has 4 nitrogen and oxygen atoms in total. The van der Waals surface area contributed by atoms with Gasteiger partial charge in [-0.15, -0.1) is 0 Å². The van der Waals surface area contributed by atoms with Crippen molar-refractivity contribution in [1.82, 2.24) is 4.72 Å². The molecule has 0 amide bonds. The van der Waals surface area contributed by atoms with Crippen LogP contribution in [0, 0.1) is 0 Å². The fraction of sp³-hybridized carbons (Fsp3) is 0.455. The molecule has 0 bridgehead atoms. The standard InChI is InChI=1S/C11H13Br2NO3S/c1-7-10(4-5-17-7)14-18(15,16)11-6-8(12)2-3-9(11)13/h2-3,6-7,10,14H,4-5H2,1H3. The summed E-state index contributed by atoms with van der Waals surface area (Å²) in [5.41, 5.74) is 0. The van der Waals surface area contributed by atoms with Gasteiger partial charge in [-0.1, -0.05) is 15.9 Å². The summed E-state index contributed by atoms with van der Waals surface area (Å²) in [5.74, 6) is 0. The van der Waals surface area contributed by atoms with Crippen LogP contribution in [0.4, 0.5) is 0 Å². The summed E-state index contributed by atoms with van der Waals surface area (Å²) in [7, 11) is -3.54. The van der Waals surface area contributed by atoms with Crippen molar-refractivity contribution in [1.29, 1.82) is 0 Å². The average Bonchev–Trinajstić information content (AvgIpc) is 2.67. The zero-order chi connectivity index (χ0) is 13.3. The van der Waals surface area contributed by atoms with Crippen LogP contribution in [-0.4, -0.2) is 27.2 Å². The molecule has 1 fully saturated rings. The molecule has 1 aliphatic heterocycles. The maximum atomic E-state index is 12.3. The number of hydrogen-bond acceptors (Lipinski definition) is 3. The van der Waals surface area contributed by atoms with E-state index in [9.17, 15) is 8.42 Å². The molecule has 1 aliphatic rings. The number of halogens is 2. The van der Waals surface area contributed by atoms with Crippen molar-refractivity contribution in [3.63, 3.8) is 0 Å². The van der Waals surface area contributed by atoms with E-state index in [2.05, 4.69) is 36.6 Å². The topological polar surface area (TPSA) is 55.4 Å². The van der Waals surface area contributed by atoms with Crippen LogP contribution in [0.3, 0.4) is 0 Å². The van der Waals surface area contributed by atoms with E-state index in [0.717, 1.165) is 4.47 Å². The minimum Gasteiger partial charge on any atom is -0.377 e. The molecule has 2 atom stereocenters. The zero-order valence-corrected chi connectivity index (χ0v) is 13.7. The van der Waals surface area contributed by atoms with Gasteiger partial charge in [0, 0.05) is 15.6 Å². The zero-order valence-electron chi connectivity index (χ0n) is 9.69. The molecule has 18 heavy (non-hydrogen) atoms. The van der Waals surface area contributed by atoms with Gasteiger partial charge in [-0.05, 0) is 47.5 Å². The van der Waals surface area contributed by atoms with Gasteiger partial charge in [-0.3, -0.25) is 0 Å². The predicted octanol–water partition coefficient (Wildman–Crippen LogP) is 2.67. The second-order valence-corrected chi connectivity index (χ2v) is 7.62. The Bertz CT molecular complexity index is 547. The lowest BCUT2D eigenvalue weighted by Gasteiger charge is -2.17. The lowest BCUT2D eigenvalue weighted by atomic mass is 10.2. The van der Waals surface area contributed by atoms with Gasteiger partial charge in [-0.2, -0.15) is 0 Å². The van der Waals surface area contributed by atoms with E-state index in [-0.39, 0.29) is 17.0 Å². The number of ether oxygens (including phenoxy) is 1. The molecule has 100 valence electrons. The van der Waals surface area contributed by atoms with Gasteiger partial charge in [0.2, 0.25) is 10.0 Å². The Balaban J connectivity index is 2.28. The lowest BCUT2D eigenvalue weighted by molar-refractivity contribution is 0.117. The first-order chi connectivity index (χ1) is 8.40. The minimum atomic E-state index is -3.54. The van der Waals surface area contributed by atoms with Crippen LogP contribution < -0.4 is 4.72 Å². The molecule has 2 rings (SSSR count). The molecule has 0 radical (unpaired) electrons. The predicted molar refractivity (Wildman–Crippen MR) is 76.0 cm³/mol. The van der Waals surface area contributed by atoms with Crippen LogP contribution in [0.5, 0.6) is 0 Å². The molecule has 1 N–H and O–H groups in total. The SMILES string of the molecule is CC1OCCC1NS(=O)(=O)c1cc(Br)ccc1Br. The normalized spacial score (nSPS) is 24.4. The molecular formula is C11H13Br2NO3S. The van der Waals surface area contributed by atoms with E-state index in [1.165, 1.54) is 0 Å². The smallest absolute Gasteiger partial charge is 0.242 e. The molecule has 2 unspecified atom stereocenters. The highest BCUT2D eigenvalue weighted by Gasteiger charge is 2.30. The van der Waals surface area contributed by atoms with Crippen molar-refractivity contribution in [3.05, 3.63) is 27.1 Å². The molecule has 1 saturated heterocycles. The van der Waals surface area contributed by atoms with E-state index < -0.39 is 10.0 Å². The largest absolute Gasteiger partial charge is 0.377 e. The molecule has 1 aromatic rings. The summed E-state index contributed by atoms with van der Waals surface area (Å²) < 4.78 is 33.9. The maximum absolute atomic E-state index is 12.3. The molecule has 0 spiro atoms. The highest BCUT2D eigenvalue weighted by molar-refractivity contribution is 9.11. The Morgan fingerprint density at radius 3 is 2.72 bits per heavy atom. The Hall–Kier alpha value is 0.0500. The van der Waals surface area contributed by atoms with Crippen molar-refractivity contribution in [2.24, 2.45) is 0 Å². The van der Waals surface area contributed by atoms with E-state index in [0.29, 0.717) is 17.5 Å². The van der Waals surface area contributed by atoms with Crippen molar-refractivity contribution >= 4 is 41.9 Å². The highest BCUT2D eigenvalue weighted by Crippen LogP contribution is 2.26. The third kappa shape index (κ3) is 3.14. The van der Waals surface area contributed by atoms with Gasteiger partial charge in [0.05, 0.1) is 17.0 Å². The Morgan fingerprint density at radius 2 is 2.11 bits per heavy atom. The van der Waals surface area contributed by atoms with E-state index in [4.69, 9.17) is 4.74 Å². The Kier molecular flexibility index (Phi) is 4.48. The molecular weight excluding hydrogens is 386 g/mol. The van der Waals surface area contributed by atoms with Crippen LogP contribution in [0.15, 0.2) is 32.0 Å². The first-order valence-corrected chi connectivity index (χ1v) is 8.56. The number of nitrogens with one attached hydrogen (secondary N) is 1. The van der Waals surface area contributed by atoms with Gasteiger partial charge in [0.15, 0.2) is 0 Å². The van der Waals surface area contributed by atoms with Crippen molar-refractivity contribution in [2.75, 3.05) is 6.61 Å². The Labute approximate surface area is 123 Å². The molecule has 7 heteroatoms. The quantitative estimate of drug-likeness (QED) is 0.851. The number of sulfonamides is 1. The molecule has 1 aromatic carbocycles. The van der Waals surface area contributed by atoms with Gasteiger partial charge < -0.3 is 4.74 Å². The van der Waals surface area contributed by atoms with Crippen LogP contribution in [0.25, 0.3) is 0 Å². The van der Waals surface area contributed by atoms with Crippen LogP contribution in [0.2, 0.25) is 0 Å². The summed E-state index contributed by atoms with van der Waals surface area (Å²) in [4.78, 5) is 0.232. The molecule has 0 saturated carbocycles. The summed E-state index contributed by atoms with van der Waals surface area (Å²) in [5, 5.41) is 0. The van der Waals surface area contributed by atoms with Crippen LogP contribution in [-0.2, 0) is 14.8 Å². The average molecular weight is 399 g/mol. The summed E-state index contributed by atoms with van der Waals surface area (Å²) in [6.07, 6.45) is 0.608. The third-order valence-corrected chi connectivity index (χ3v) is 5.84. The van der Waals surface area contributed by atoms with Crippen LogP contribution in [0.1, 0.15) is 13.3 Å². The summed E-state index contributed by atoms with van der Waals surface area (Å²) in [6, 6.07) is 4.89. The molecule has 1 heterocycles. The second-order valence-electron chi connectivity index (χ2n) is 4.17. The van der Waals surface area contributed by atoms with Gasteiger partial charge >= 0.3 is 0 Å². The van der Waals surface area contributed by atoms with E-state index in [1.807, 2.05) is 6.92 Å². The first-order valence-electron chi connectivity index (χ1n) is 5.49. The number of hydrogen-bond donors (Lipinski definition) is 1. The fourth-order valence-electron chi connectivity index (χ4n) is 1.83. The molecule has 0 aromatic heterocycles. The number of benzene rings is 1. The minimum absolute atomic E-state index is 0.0919. The Morgan fingerprint density at radius 1 is 1.39 bits per heavy atom. The summed E-state index contributed by atoms with van der Waals surface area (Å²) in [6.45, 7) is 2.46. The summed E-state index contributed by atoms with van der Waals surface area (Å²) >= 11 is 6.54. The fourth-order valence-corrected chi connectivity index (χ4v) is 4.67. The van der Waals surface area contributed by atoms with Gasteiger partial charge in [0.25, 0.3) is 0 Å². The monoisotopic (exact) mass is 397 g/mol. The van der Waals surface area contributed by atoms with E-state index in [1.54, 1.807) is 18.2 Å². The van der Waals surface area contributed by atoms with Crippen molar-refractivity contribution < 1.29 is 13.2 Å². The van der Waals surface area contributed by atoms with Crippen LogP contribution >= 0.6 is 31.9 Å². The first kappa shape index (κ1) is 14.5.